The number of nitrogens with two attached hydrogens (primary N) is 1. The first-order valence-electron chi connectivity index (χ1n) is 6.68. The summed E-state index contributed by atoms with van der Waals surface area (Å²) in [7, 11) is 2.12. The molecule has 0 aliphatic heterocycles. The monoisotopic (exact) mass is 250 g/mol. The van der Waals surface area contributed by atoms with Crippen LogP contribution >= 0.6 is 0 Å². The third-order valence-electron chi connectivity index (χ3n) is 4.13. The van der Waals surface area contributed by atoms with Crippen LogP contribution in [0, 0.1) is 18.2 Å². The molecule has 0 bridgehead atoms. The number of nitrogens with zero attached hydrogens (tertiary/aromatic N) is 1. The van der Waals surface area contributed by atoms with Crippen LogP contribution in [0.3, 0.4) is 0 Å². The van der Waals surface area contributed by atoms with E-state index in [0.717, 1.165) is 25.2 Å². The molecule has 0 heterocycles. The van der Waals surface area contributed by atoms with Crippen LogP contribution in [0.25, 0.3) is 0 Å². The fourth-order valence-corrected chi connectivity index (χ4v) is 2.85. The Kier molecular flexibility index (Phi) is 4.03. The fourth-order valence-electron chi connectivity index (χ4n) is 2.85. The zero-order chi connectivity index (χ0) is 13.2. The SMILES string of the molecule is Cc1cc(CN(C)CC2(CN)CCC2)ccc1F. The maximum atomic E-state index is 13.2. The van der Waals surface area contributed by atoms with Gasteiger partial charge in [-0.05, 0) is 56.0 Å². The lowest BCUT2D eigenvalue weighted by atomic mass is 9.68. The third kappa shape index (κ3) is 2.90. The van der Waals surface area contributed by atoms with Crippen molar-refractivity contribution in [2.45, 2.75) is 32.7 Å². The minimum Gasteiger partial charge on any atom is -0.330 e. The van der Waals surface area contributed by atoms with E-state index < -0.39 is 0 Å². The molecule has 3 heteroatoms. The quantitative estimate of drug-likeness (QED) is 0.870. The molecule has 0 unspecified atom stereocenters. The lowest BCUT2D eigenvalue weighted by Crippen LogP contribution is -2.45. The molecule has 0 aromatic heterocycles. The first-order valence-corrected chi connectivity index (χ1v) is 6.68. The van der Waals surface area contributed by atoms with Crippen molar-refractivity contribution < 1.29 is 4.39 Å². The predicted octanol–water partition coefficient (Wildman–Crippen LogP) is 2.69. The standard InChI is InChI=1S/C15H23FN2/c1-12-8-13(4-5-14(12)16)9-18(2)11-15(10-17)6-3-7-15/h4-5,8H,3,6-7,9-11,17H2,1-2H3. The van der Waals surface area contributed by atoms with Crippen LogP contribution in [0.5, 0.6) is 0 Å². The summed E-state index contributed by atoms with van der Waals surface area (Å²) in [6.07, 6.45) is 3.80. The number of aryl methyl sites for hydroxylation is 1. The Hall–Kier alpha value is -0.930. The largest absolute Gasteiger partial charge is 0.330 e. The highest BCUT2D eigenvalue weighted by Crippen LogP contribution is 2.40. The van der Waals surface area contributed by atoms with E-state index in [4.69, 9.17) is 5.73 Å². The van der Waals surface area contributed by atoms with Crippen LogP contribution in [0.4, 0.5) is 4.39 Å². The van der Waals surface area contributed by atoms with E-state index in [1.54, 1.807) is 6.07 Å². The Morgan fingerprint density at radius 2 is 2.11 bits per heavy atom. The highest BCUT2D eigenvalue weighted by molar-refractivity contribution is 5.23. The molecule has 0 saturated heterocycles. The van der Waals surface area contributed by atoms with Gasteiger partial charge in [0.2, 0.25) is 0 Å². The van der Waals surface area contributed by atoms with Gasteiger partial charge in [0.15, 0.2) is 0 Å². The summed E-state index contributed by atoms with van der Waals surface area (Å²) < 4.78 is 13.2. The molecule has 1 fully saturated rings. The van der Waals surface area contributed by atoms with Gasteiger partial charge in [-0.1, -0.05) is 18.6 Å². The fraction of sp³-hybridized carbons (Fsp3) is 0.600. The highest BCUT2D eigenvalue weighted by Gasteiger charge is 2.36. The molecule has 2 nitrogen and oxygen atoms in total. The first-order chi connectivity index (χ1) is 8.54. The topological polar surface area (TPSA) is 29.3 Å². The summed E-state index contributed by atoms with van der Waals surface area (Å²) in [5, 5.41) is 0. The zero-order valence-electron chi connectivity index (χ0n) is 11.4. The van der Waals surface area contributed by atoms with E-state index in [2.05, 4.69) is 11.9 Å². The molecule has 0 radical (unpaired) electrons. The van der Waals surface area contributed by atoms with E-state index in [9.17, 15) is 4.39 Å². The molecule has 1 aromatic carbocycles. The molecule has 2 N–H and O–H groups in total. The number of benzene rings is 1. The van der Waals surface area contributed by atoms with Crippen molar-refractivity contribution in [1.82, 2.24) is 4.90 Å². The van der Waals surface area contributed by atoms with Gasteiger partial charge in [-0.25, -0.2) is 4.39 Å². The molecule has 0 spiro atoms. The molecule has 100 valence electrons. The summed E-state index contributed by atoms with van der Waals surface area (Å²) in [6, 6.07) is 5.36. The molecule has 1 saturated carbocycles. The van der Waals surface area contributed by atoms with Crippen LogP contribution in [-0.4, -0.2) is 25.0 Å². The van der Waals surface area contributed by atoms with Gasteiger partial charge < -0.3 is 10.6 Å². The van der Waals surface area contributed by atoms with Gasteiger partial charge in [0.1, 0.15) is 5.82 Å². The van der Waals surface area contributed by atoms with Crippen LogP contribution < -0.4 is 5.73 Å². The Morgan fingerprint density at radius 1 is 1.39 bits per heavy atom. The lowest BCUT2D eigenvalue weighted by molar-refractivity contribution is 0.0845. The van der Waals surface area contributed by atoms with Crippen molar-refractivity contribution in [3.8, 4) is 0 Å². The van der Waals surface area contributed by atoms with Crippen LogP contribution in [0.15, 0.2) is 18.2 Å². The summed E-state index contributed by atoms with van der Waals surface area (Å²) in [5.74, 6) is -0.126. The van der Waals surface area contributed by atoms with Gasteiger partial charge >= 0.3 is 0 Å². The van der Waals surface area contributed by atoms with Crippen molar-refractivity contribution in [3.63, 3.8) is 0 Å². The first kappa shape index (κ1) is 13.5. The number of rotatable bonds is 5. The average molecular weight is 250 g/mol. The van der Waals surface area contributed by atoms with Crippen molar-refractivity contribution in [2.24, 2.45) is 11.1 Å². The van der Waals surface area contributed by atoms with Crippen LogP contribution in [-0.2, 0) is 6.54 Å². The molecule has 1 aliphatic rings. The van der Waals surface area contributed by atoms with Gasteiger partial charge in [-0.2, -0.15) is 0 Å². The Bertz CT molecular complexity index is 407. The normalized spacial score (nSPS) is 17.8. The van der Waals surface area contributed by atoms with E-state index >= 15 is 0 Å². The minimum atomic E-state index is -0.126. The van der Waals surface area contributed by atoms with Gasteiger partial charge in [-0.15, -0.1) is 0 Å². The van der Waals surface area contributed by atoms with Crippen LogP contribution in [0.2, 0.25) is 0 Å². The second-order valence-electron chi connectivity index (χ2n) is 5.81. The molecule has 0 amide bonds. The summed E-state index contributed by atoms with van der Waals surface area (Å²) in [5.41, 5.74) is 8.11. The summed E-state index contributed by atoms with van der Waals surface area (Å²) in [4.78, 5) is 2.30. The highest BCUT2D eigenvalue weighted by atomic mass is 19.1. The van der Waals surface area contributed by atoms with Gasteiger partial charge in [-0.3, -0.25) is 0 Å². The third-order valence-corrected chi connectivity index (χ3v) is 4.13. The number of halogens is 1. The summed E-state index contributed by atoms with van der Waals surface area (Å²) >= 11 is 0. The molecule has 0 atom stereocenters. The van der Waals surface area contributed by atoms with E-state index in [-0.39, 0.29) is 5.82 Å². The van der Waals surface area contributed by atoms with Gasteiger partial charge in [0.25, 0.3) is 0 Å². The zero-order valence-corrected chi connectivity index (χ0v) is 11.4. The maximum Gasteiger partial charge on any atom is 0.126 e. The van der Waals surface area contributed by atoms with Crippen molar-refractivity contribution >= 4 is 0 Å². The second kappa shape index (κ2) is 5.37. The average Bonchev–Trinajstić information content (AvgIpc) is 2.29. The Morgan fingerprint density at radius 3 is 2.61 bits per heavy atom. The van der Waals surface area contributed by atoms with E-state index in [1.165, 1.54) is 24.8 Å². The molecular weight excluding hydrogens is 227 g/mol. The van der Waals surface area contributed by atoms with Gasteiger partial charge in [0, 0.05) is 13.1 Å². The van der Waals surface area contributed by atoms with E-state index in [0.29, 0.717) is 5.41 Å². The number of hydrogen-bond donors (Lipinski definition) is 1. The van der Waals surface area contributed by atoms with Crippen molar-refractivity contribution in [3.05, 3.63) is 35.1 Å². The molecule has 1 aliphatic carbocycles. The van der Waals surface area contributed by atoms with Crippen molar-refractivity contribution in [2.75, 3.05) is 20.1 Å². The Balaban J connectivity index is 1.94. The summed E-state index contributed by atoms with van der Waals surface area (Å²) in [6.45, 7) is 4.49. The molecule has 1 aromatic rings. The van der Waals surface area contributed by atoms with Crippen LogP contribution in [0.1, 0.15) is 30.4 Å². The van der Waals surface area contributed by atoms with Crippen molar-refractivity contribution in [1.29, 1.82) is 0 Å². The second-order valence-corrected chi connectivity index (χ2v) is 5.81. The predicted molar refractivity (Wildman–Crippen MR) is 72.8 cm³/mol. The molecular formula is C15H23FN2. The lowest BCUT2D eigenvalue weighted by Gasteiger charge is -2.43. The molecule has 18 heavy (non-hydrogen) atoms. The Labute approximate surface area is 109 Å². The maximum absolute atomic E-state index is 13.2. The smallest absolute Gasteiger partial charge is 0.126 e. The van der Waals surface area contributed by atoms with E-state index in [1.807, 2.05) is 19.1 Å². The number of hydrogen-bond acceptors (Lipinski definition) is 2. The molecule has 2 rings (SSSR count). The minimum absolute atomic E-state index is 0.126. The van der Waals surface area contributed by atoms with Gasteiger partial charge in [0.05, 0.1) is 0 Å².